The van der Waals surface area contributed by atoms with Gasteiger partial charge in [-0.1, -0.05) is 32.9 Å². The molecule has 4 nitrogen and oxygen atoms in total. The Bertz CT molecular complexity index is 636. The van der Waals surface area contributed by atoms with Crippen LogP contribution in [0.4, 0.5) is 10.2 Å². The molecule has 1 N–H and O–H groups in total. The molecule has 0 aliphatic heterocycles. The van der Waals surface area contributed by atoms with E-state index in [-0.39, 0.29) is 23.0 Å². The molecule has 0 saturated heterocycles. The van der Waals surface area contributed by atoms with Crippen LogP contribution in [0.2, 0.25) is 0 Å². The van der Waals surface area contributed by atoms with Crippen molar-refractivity contribution in [3.8, 4) is 6.07 Å². The van der Waals surface area contributed by atoms with Crippen LogP contribution in [0, 0.1) is 22.6 Å². The Labute approximate surface area is 123 Å². The lowest BCUT2D eigenvalue weighted by atomic mass is 9.82. The molecule has 108 valence electrons. The van der Waals surface area contributed by atoms with Crippen molar-refractivity contribution in [2.45, 2.75) is 26.8 Å². The van der Waals surface area contributed by atoms with Crippen LogP contribution in [0.25, 0.3) is 0 Å². The number of anilines is 1. The van der Waals surface area contributed by atoms with E-state index in [4.69, 9.17) is 5.26 Å². The van der Waals surface area contributed by atoms with Gasteiger partial charge >= 0.3 is 0 Å². The number of nitrogens with zero attached hydrogens (tertiary/aromatic N) is 3. The first kappa shape index (κ1) is 14.9. The number of rotatable bonds is 3. The predicted octanol–water partition coefficient (Wildman–Crippen LogP) is 3.69. The number of hydrogen-bond acceptors (Lipinski definition) is 4. The van der Waals surface area contributed by atoms with Crippen LogP contribution in [-0.2, 0) is 0 Å². The second kappa shape index (κ2) is 5.88. The van der Waals surface area contributed by atoms with E-state index < -0.39 is 0 Å². The second-order valence-electron chi connectivity index (χ2n) is 5.89. The van der Waals surface area contributed by atoms with Crippen molar-refractivity contribution in [2.24, 2.45) is 5.41 Å². The highest BCUT2D eigenvalue weighted by atomic mass is 19.1. The molecule has 1 unspecified atom stereocenters. The molecule has 0 fully saturated rings. The molecule has 1 heterocycles. The molecular weight excluding hydrogens is 267 g/mol. The van der Waals surface area contributed by atoms with Gasteiger partial charge in [-0.15, -0.1) is 0 Å². The molecule has 0 saturated carbocycles. The fourth-order valence-electron chi connectivity index (χ4n) is 2.06. The molecular formula is C16H17FN4. The first-order valence-electron chi connectivity index (χ1n) is 6.64. The summed E-state index contributed by atoms with van der Waals surface area (Å²) >= 11 is 0. The summed E-state index contributed by atoms with van der Waals surface area (Å²) in [7, 11) is 0. The highest BCUT2D eigenvalue weighted by molar-refractivity contribution is 5.38. The van der Waals surface area contributed by atoms with E-state index >= 15 is 0 Å². The predicted molar refractivity (Wildman–Crippen MR) is 79.0 cm³/mol. The zero-order valence-corrected chi connectivity index (χ0v) is 12.3. The third kappa shape index (κ3) is 3.76. The Morgan fingerprint density at radius 3 is 2.29 bits per heavy atom. The summed E-state index contributed by atoms with van der Waals surface area (Å²) in [6, 6.07) is 8.29. The molecule has 1 atom stereocenters. The van der Waals surface area contributed by atoms with E-state index in [0.29, 0.717) is 5.82 Å². The second-order valence-corrected chi connectivity index (χ2v) is 5.89. The van der Waals surface area contributed by atoms with Crippen molar-refractivity contribution in [1.29, 1.82) is 5.26 Å². The van der Waals surface area contributed by atoms with Crippen molar-refractivity contribution >= 4 is 5.82 Å². The molecule has 2 aromatic rings. The summed E-state index contributed by atoms with van der Waals surface area (Å²) in [5, 5.41) is 12.0. The van der Waals surface area contributed by atoms with Gasteiger partial charge in [-0.25, -0.2) is 14.4 Å². The van der Waals surface area contributed by atoms with E-state index in [2.05, 4.69) is 36.1 Å². The molecule has 0 spiro atoms. The van der Waals surface area contributed by atoms with Crippen LogP contribution in [0.5, 0.6) is 0 Å². The number of halogens is 1. The van der Waals surface area contributed by atoms with E-state index in [9.17, 15) is 4.39 Å². The topological polar surface area (TPSA) is 61.6 Å². The molecule has 0 amide bonds. The van der Waals surface area contributed by atoms with Gasteiger partial charge in [-0.2, -0.15) is 5.26 Å². The molecule has 1 aromatic heterocycles. The largest absolute Gasteiger partial charge is 0.361 e. The van der Waals surface area contributed by atoms with Crippen LogP contribution in [0.1, 0.15) is 38.1 Å². The van der Waals surface area contributed by atoms with E-state index in [0.717, 1.165) is 5.56 Å². The lowest BCUT2D eigenvalue weighted by molar-refractivity contribution is 0.346. The summed E-state index contributed by atoms with van der Waals surface area (Å²) in [5.74, 6) is 0.322. The highest BCUT2D eigenvalue weighted by Gasteiger charge is 2.26. The third-order valence-corrected chi connectivity index (χ3v) is 3.13. The third-order valence-electron chi connectivity index (χ3n) is 3.13. The smallest absolute Gasteiger partial charge is 0.158 e. The highest BCUT2D eigenvalue weighted by Crippen LogP contribution is 2.35. The zero-order valence-electron chi connectivity index (χ0n) is 12.3. The number of benzene rings is 1. The lowest BCUT2D eigenvalue weighted by Crippen LogP contribution is -2.26. The van der Waals surface area contributed by atoms with Gasteiger partial charge in [0.25, 0.3) is 0 Å². The van der Waals surface area contributed by atoms with Crippen molar-refractivity contribution in [2.75, 3.05) is 5.32 Å². The Morgan fingerprint density at radius 1 is 1.14 bits per heavy atom. The Morgan fingerprint density at radius 2 is 1.81 bits per heavy atom. The zero-order chi connectivity index (χ0) is 15.5. The quantitative estimate of drug-likeness (QED) is 0.933. The molecule has 0 aliphatic rings. The maximum Gasteiger partial charge on any atom is 0.158 e. The van der Waals surface area contributed by atoms with Gasteiger partial charge in [0.05, 0.1) is 18.4 Å². The van der Waals surface area contributed by atoms with Gasteiger partial charge in [-0.3, -0.25) is 0 Å². The average Bonchev–Trinajstić information content (AvgIpc) is 2.45. The SMILES string of the molecule is CC(C)(C)C(Nc1cnc(C#N)cn1)c1ccc(F)cc1. The van der Waals surface area contributed by atoms with Gasteiger partial charge in [-0.05, 0) is 23.1 Å². The monoisotopic (exact) mass is 284 g/mol. The van der Waals surface area contributed by atoms with E-state index in [1.54, 1.807) is 12.1 Å². The first-order chi connectivity index (χ1) is 9.90. The average molecular weight is 284 g/mol. The first-order valence-corrected chi connectivity index (χ1v) is 6.64. The van der Waals surface area contributed by atoms with Crippen LogP contribution < -0.4 is 5.32 Å². The van der Waals surface area contributed by atoms with Crippen LogP contribution in [-0.4, -0.2) is 9.97 Å². The maximum absolute atomic E-state index is 13.1. The molecule has 5 heteroatoms. The van der Waals surface area contributed by atoms with Gasteiger partial charge < -0.3 is 5.32 Å². The molecule has 0 bridgehead atoms. The van der Waals surface area contributed by atoms with Gasteiger partial charge in [0, 0.05) is 0 Å². The van der Waals surface area contributed by atoms with Crippen LogP contribution in [0.3, 0.4) is 0 Å². The summed E-state index contributed by atoms with van der Waals surface area (Å²) in [6.45, 7) is 6.27. The Balaban J connectivity index is 2.28. The van der Waals surface area contributed by atoms with Crippen molar-refractivity contribution in [1.82, 2.24) is 9.97 Å². The van der Waals surface area contributed by atoms with Crippen molar-refractivity contribution in [3.63, 3.8) is 0 Å². The minimum absolute atomic E-state index is 0.0552. The van der Waals surface area contributed by atoms with Crippen LogP contribution in [0.15, 0.2) is 36.7 Å². The molecule has 21 heavy (non-hydrogen) atoms. The maximum atomic E-state index is 13.1. The Hall–Kier alpha value is -2.48. The number of nitrogens with one attached hydrogen (secondary N) is 1. The molecule has 0 aliphatic carbocycles. The fourth-order valence-corrected chi connectivity index (χ4v) is 2.06. The molecule has 1 aromatic carbocycles. The van der Waals surface area contributed by atoms with E-state index in [1.165, 1.54) is 24.5 Å². The normalized spacial score (nSPS) is 12.5. The summed E-state index contributed by atoms with van der Waals surface area (Å²) in [6.07, 6.45) is 2.95. The van der Waals surface area contributed by atoms with Gasteiger partial charge in [0.2, 0.25) is 0 Å². The van der Waals surface area contributed by atoms with Crippen LogP contribution >= 0.6 is 0 Å². The standard InChI is InChI=1S/C16H17FN4/c1-16(2,3)15(11-4-6-12(17)7-5-11)21-14-10-19-13(8-18)9-20-14/h4-7,9-10,15H,1-3H3,(H,20,21). The molecule has 0 radical (unpaired) electrons. The van der Waals surface area contributed by atoms with E-state index in [1.807, 2.05) is 6.07 Å². The van der Waals surface area contributed by atoms with Crippen molar-refractivity contribution in [3.05, 3.63) is 53.7 Å². The van der Waals surface area contributed by atoms with Gasteiger partial charge in [0.1, 0.15) is 17.7 Å². The number of hydrogen-bond donors (Lipinski definition) is 1. The molecule has 2 rings (SSSR count). The van der Waals surface area contributed by atoms with Crippen molar-refractivity contribution < 1.29 is 4.39 Å². The Kier molecular flexibility index (Phi) is 4.18. The van der Waals surface area contributed by atoms with Gasteiger partial charge in [0.15, 0.2) is 5.69 Å². The summed E-state index contributed by atoms with van der Waals surface area (Å²) in [4.78, 5) is 8.17. The summed E-state index contributed by atoms with van der Waals surface area (Å²) < 4.78 is 13.1. The minimum atomic E-state index is -0.260. The summed E-state index contributed by atoms with van der Waals surface area (Å²) in [5.41, 5.74) is 1.14. The minimum Gasteiger partial charge on any atom is -0.361 e. The fraction of sp³-hybridized carbons (Fsp3) is 0.312. The number of nitriles is 1. The number of aromatic nitrogens is 2. The lowest BCUT2D eigenvalue weighted by Gasteiger charge is -2.32.